The molecule has 0 spiro atoms. The number of morpholine rings is 1. The monoisotopic (exact) mass is 575 g/mol. The number of nitrogens with zero attached hydrogens (tertiary/aromatic N) is 8. The number of imidazole rings is 2. The maximum atomic E-state index is 12.4. The minimum absolute atomic E-state index is 0.157. The number of anilines is 1. The lowest BCUT2D eigenvalue weighted by Crippen LogP contribution is -2.60. The minimum Gasteiger partial charge on any atom is -0.378 e. The van der Waals surface area contributed by atoms with Crippen LogP contribution in [-0.4, -0.2) is 91.9 Å². The van der Waals surface area contributed by atoms with Crippen molar-refractivity contribution in [1.82, 2.24) is 34.0 Å². The average Bonchev–Trinajstić information content (AvgIpc) is 3.55. The van der Waals surface area contributed by atoms with E-state index in [1.807, 2.05) is 43.7 Å². The zero-order chi connectivity index (χ0) is 29.8. The second-order valence-corrected chi connectivity index (χ2v) is 12.2. The quantitative estimate of drug-likeness (QED) is 0.354. The van der Waals surface area contributed by atoms with Gasteiger partial charge in [0.05, 0.1) is 29.8 Å². The SMILES string of the molecule is CO[C@@]1(c2nc3c(N4CCOCC4)nc(-n4c(C(C)C)nc5ccccc54)nc3n2C)CCCN(C(C)(C)C(N)=O)C1. The number of hydrogen-bond donors (Lipinski definition) is 1. The Morgan fingerprint density at radius 1 is 1.10 bits per heavy atom. The third kappa shape index (κ3) is 4.52. The van der Waals surface area contributed by atoms with E-state index in [0.717, 1.165) is 53.4 Å². The smallest absolute Gasteiger partial charge is 0.239 e. The molecule has 4 aromatic rings. The number of aromatic nitrogens is 6. The number of carbonyl (C=O) groups excluding carboxylic acids is 1. The van der Waals surface area contributed by atoms with E-state index in [4.69, 9.17) is 35.1 Å². The van der Waals surface area contributed by atoms with Gasteiger partial charge < -0.3 is 24.7 Å². The minimum atomic E-state index is -0.823. The first-order valence-corrected chi connectivity index (χ1v) is 14.7. The van der Waals surface area contributed by atoms with Crippen LogP contribution in [-0.2, 0) is 26.9 Å². The topological polar surface area (TPSA) is 129 Å². The summed E-state index contributed by atoms with van der Waals surface area (Å²) in [5, 5.41) is 0. The lowest BCUT2D eigenvalue weighted by Gasteiger charge is -2.46. The van der Waals surface area contributed by atoms with Crippen LogP contribution in [0.3, 0.4) is 0 Å². The first-order chi connectivity index (χ1) is 20.1. The summed E-state index contributed by atoms with van der Waals surface area (Å²) in [6, 6.07) is 8.09. The maximum absolute atomic E-state index is 12.4. The van der Waals surface area contributed by atoms with E-state index in [1.54, 1.807) is 7.11 Å². The molecule has 0 unspecified atom stereocenters. The van der Waals surface area contributed by atoms with Gasteiger partial charge in [-0.1, -0.05) is 26.0 Å². The number of aryl methyl sites for hydroxylation is 1. The third-order valence-corrected chi connectivity index (χ3v) is 8.95. The van der Waals surface area contributed by atoms with Gasteiger partial charge >= 0.3 is 0 Å². The van der Waals surface area contributed by atoms with Crippen molar-refractivity contribution in [3.8, 4) is 5.95 Å². The second kappa shape index (κ2) is 10.6. The number of carbonyl (C=O) groups is 1. The van der Waals surface area contributed by atoms with E-state index in [0.29, 0.717) is 44.4 Å². The summed E-state index contributed by atoms with van der Waals surface area (Å²) in [6.45, 7) is 11.9. The van der Waals surface area contributed by atoms with Crippen molar-refractivity contribution < 1.29 is 14.3 Å². The van der Waals surface area contributed by atoms with Gasteiger partial charge in [-0.05, 0) is 45.4 Å². The molecule has 2 saturated heterocycles. The molecule has 224 valence electrons. The number of piperidine rings is 1. The fraction of sp³-hybridized carbons (Fsp3) is 0.567. The number of amides is 1. The van der Waals surface area contributed by atoms with Crippen LogP contribution in [0.1, 0.15) is 58.1 Å². The molecule has 0 bridgehead atoms. The molecule has 6 rings (SSSR count). The van der Waals surface area contributed by atoms with Crippen molar-refractivity contribution >= 4 is 33.9 Å². The van der Waals surface area contributed by atoms with Crippen molar-refractivity contribution in [2.24, 2.45) is 12.8 Å². The Labute approximate surface area is 245 Å². The fourth-order valence-electron chi connectivity index (χ4n) is 6.28. The third-order valence-electron chi connectivity index (χ3n) is 8.95. The van der Waals surface area contributed by atoms with Gasteiger partial charge in [0.2, 0.25) is 11.9 Å². The van der Waals surface area contributed by atoms with E-state index in [9.17, 15) is 4.79 Å². The zero-order valence-electron chi connectivity index (χ0n) is 25.4. The zero-order valence-corrected chi connectivity index (χ0v) is 25.4. The lowest BCUT2D eigenvalue weighted by molar-refractivity contribution is -0.137. The Morgan fingerprint density at radius 3 is 2.52 bits per heavy atom. The molecule has 2 aliphatic heterocycles. The highest BCUT2D eigenvalue weighted by Crippen LogP contribution is 2.39. The highest BCUT2D eigenvalue weighted by molar-refractivity contribution is 5.86. The first kappa shape index (κ1) is 28.5. The van der Waals surface area contributed by atoms with Crippen molar-refractivity contribution in [2.45, 2.75) is 57.6 Å². The molecule has 2 fully saturated rings. The van der Waals surface area contributed by atoms with Crippen LogP contribution in [0.5, 0.6) is 0 Å². The lowest BCUT2D eigenvalue weighted by atomic mass is 9.87. The summed E-state index contributed by atoms with van der Waals surface area (Å²) in [5.74, 6) is 2.77. The summed E-state index contributed by atoms with van der Waals surface area (Å²) in [4.78, 5) is 37.2. The van der Waals surface area contributed by atoms with Crippen LogP contribution >= 0.6 is 0 Å². The van der Waals surface area contributed by atoms with Crippen LogP contribution < -0.4 is 10.6 Å². The molecule has 2 N–H and O–H groups in total. The maximum Gasteiger partial charge on any atom is 0.239 e. The van der Waals surface area contributed by atoms with Crippen LogP contribution in [0.25, 0.3) is 28.1 Å². The Kier molecular flexibility index (Phi) is 7.19. The summed E-state index contributed by atoms with van der Waals surface area (Å²) in [5.41, 5.74) is 7.53. The fourth-order valence-corrected chi connectivity index (χ4v) is 6.28. The predicted molar refractivity (Wildman–Crippen MR) is 161 cm³/mol. The molecule has 2 aliphatic rings. The van der Waals surface area contributed by atoms with E-state index in [-0.39, 0.29) is 11.8 Å². The number of primary amides is 1. The highest BCUT2D eigenvalue weighted by Gasteiger charge is 2.46. The molecule has 42 heavy (non-hydrogen) atoms. The molecule has 5 heterocycles. The van der Waals surface area contributed by atoms with Crippen LogP contribution in [0.2, 0.25) is 0 Å². The summed E-state index contributed by atoms with van der Waals surface area (Å²) >= 11 is 0. The molecule has 0 radical (unpaired) electrons. The van der Waals surface area contributed by atoms with Gasteiger partial charge in [0.25, 0.3) is 0 Å². The van der Waals surface area contributed by atoms with Gasteiger partial charge in [-0.3, -0.25) is 14.3 Å². The molecule has 1 atom stereocenters. The molecule has 0 aliphatic carbocycles. The normalized spacial score (nSPS) is 20.7. The number of para-hydroxylation sites is 2. The number of likely N-dealkylation sites (tertiary alicyclic amines) is 1. The average molecular weight is 576 g/mol. The van der Waals surface area contributed by atoms with Crippen molar-refractivity contribution in [1.29, 1.82) is 0 Å². The number of hydrogen-bond acceptors (Lipinski definition) is 9. The Morgan fingerprint density at radius 2 is 1.83 bits per heavy atom. The summed E-state index contributed by atoms with van der Waals surface area (Å²) < 4.78 is 16.1. The largest absolute Gasteiger partial charge is 0.378 e. The van der Waals surface area contributed by atoms with Gasteiger partial charge in [-0.2, -0.15) is 9.97 Å². The summed E-state index contributed by atoms with van der Waals surface area (Å²) in [7, 11) is 3.70. The van der Waals surface area contributed by atoms with Crippen LogP contribution in [0.15, 0.2) is 24.3 Å². The molecular formula is C30H41N9O3. The molecule has 1 amide bonds. The molecule has 1 aromatic carbocycles. The standard InChI is InChI=1S/C30H41N9O3/c1-19(2)23-32-20-10-7-8-11-21(20)39(23)28-34-24-22(25(35-28)37-14-16-42-17-15-37)33-27(36(24)5)30(41-6)12-9-13-38(18-30)29(3,4)26(31)40/h7-8,10-11,19H,9,12-18H2,1-6H3,(H2,31,40)/t30-/m0/s1. The number of rotatable bonds is 7. The highest BCUT2D eigenvalue weighted by atomic mass is 16.5. The number of methoxy groups -OCH3 is 1. The molecular weight excluding hydrogens is 534 g/mol. The van der Waals surface area contributed by atoms with Gasteiger partial charge in [-0.15, -0.1) is 0 Å². The molecule has 3 aromatic heterocycles. The van der Waals surface area contributed by atoms with E-state index >= 15 is 0 Å². The van der Waals surface area contributed by atoms with Crippen molar-refractivity contribution in [3.63, 3.8) is 0 Å². The van der Waals surface area contributed by atoms with Gasteiger partial charge in [0, 0.05) is 39.7 Å². The second-order valence-electron chi connectivity index (χ2n) is 12.2. The van der Waals surface area contributed by atoms with E-state index in [2.05, 4.69) is 34.3 Å². The van der Waals surface area contributed by atoms with Gasteiger partial charge in [-0.25, -0.2) is 9.97 Å². The number of benzene rings is 1. The van der Waals surface area contributed by atoms with Gasteiger partial charge in [0.15, 0.2) is 17.0 Å². The Bertz CT molecular complexity index is 1640. The molecule has 12 nitrogen and oxygen atoms in total. The predicted octanol–water partition coefficient (Wildman–Crippen LogP) is 2.86. The van der Waals surface area contributed by atoms with Gasteiger partial charge in [0.1, 0.15) is 17.2 Å². The Balaban J connectivity index is 1.57. The van der Waals surface area contributed by atoms with Crippen LogP contribution in [0, 0.1) is 0 Å². The van der Waals surface area contributed by atoms with E-state index in [1.165, 1.54) is 0 Å². The van der Waals surface area contributed by atoms with E-state index < -0.39 is 11.1 Å². The molecule has 0 saturated carbocycles. The van der Waals surface area contributed by atoms with Crippen molar-refractivity contribution in [2.75, 3.05) is 51.4 Å². The number of fused-ring (bicyclic) bond motifs is 2. The molecule has 12 heteroatoms. The summed E-state index contributed by atoms with van der Waals surface area (Å²) in [6.07, 6.45) is 1.59. The number of nitrogens with two attached hydrogens (primary N) is 1. The van der Waals surface area contributed by atoms with Crippen LogP contribution in [0.4, 0.5) is 5.82 Å². The Hall–Kier alpha value is -3.61. The number of ether oxygens (including phenoxy) is 2. The first-order valence-electron chi connectivity index (χ1n) is 14.7. The van der Waals surface area contributed by atoms with Crippen molar-refractivity contribution in [3.05, 3.63) is 35.9 Å².